The van der Waals surface area contributed by atoms with Gasteiger partial charge in [0.1, 0.15) is 0 Å². The van der Waals surface area contributed by atoms with Gasteiger partial charge in [-0.1, -0.05) is 19.3 Å². The van der Waals surface area contributed by atoms with E-state index in [9.17, 15) is 0 Å². The molecule has 54 valence electrons. The van der Waals surface area contributed by atoms with Crippen molar-refractivity contribution in [2.45, 2.75) is 38.1 Å². The van der Waals surface area contributed by atoms with E-state index in [1.54, 1.807) is 0 Å². The Morgan fingerprint density at radius 3 is 2.44 bits per heavy atom. The van der Waals surface area contributed by atoms with E-state index in [1.165, 1.54) is 32.1 Å². The highest BCUT2D eigenvalue weighted by molar-refractivity contribution is 4.71. The molecule has 0 heterocycles. The van der Waals surface area contributed by atoms with Crippen molar-refractivity contribution in [1.82, 2.24) is 5.32 Å². The van der Waals surface area contributed by atoms with Crippen molar-refractivity contribution >= 4 is 0 Å². The van der Waals surface area contributed by atoms with Crippen LogP contribution in [-0.4, -0.2) is 12.6 Å². The normalized spacial score (nSPS) is 22.3. The predicted molar refractivity (Wildman–Crippen MR) is 40.2 cm³/mol. The molecule has 0 bridgehead atoms. The van der Waals surface area contributed by atoms with Gasteiger partial charge in [-0.25, -0.2) is 0 Å². The maximum atomic E-state index is 3.77. The lowest BCUT2D eigenvalue weighted by molar-refractivity contribution is 0.384. The Balaban J connectivity index is 2.08. The van der Waals surface area contributed by atoms with Crippen molar-refractivity contribution in [2.24, 2.45) is 0 Å². The SMILES string of the molecule is [CH2-]CNC1CCCCC1. The van der Waals surface area contributed by atoms with Crippen molar-refractivity contribution in [2.75, 3.05) is 6.54 Å². The van der Waals surface area contributed by atoms with Gasteiger partial charge in [-0.2, -0.15) is 0 Å². The van der Waals surface area contributed by atoms with Gasteiger partial charge in [-0.3, -0.25) is 0 Å². The molecule has 1 rings (SSSR count). The molecule has 0 spiro atoms. The molecule has 0 aromatic carbocycles. The second-order valence-electron chi connectivity index (χ2n) is 2.79. The molecule has 9 heavy (non-hydrogen) atoms. The minimum Gasteiger partial charge on any atom is -0.344 e. The summed E-state index contributed by atoms with van der Waals surface area (Å²) in [6.07, 6.45) is 7.01. The first-order valence-electron chi connectivity index (χ1n) is 3.96. The van der Waals surface area contributed by atoms with Crippen LogP contribution in [0.4, 0.5) is 0 Å². The molecule has 0 amide bonds. The molecule has 0 atom stereocenters. The molecule has 1 aliphatic carbocycles. The van der Waals surface area contributed by atoms with E-state index in [0.29, 0.717) is 0 Å². The van der Waals surface area contributed by atoms with Crippen LogP contribution in [0.5, 0.6) is 0 Å². The van der Waals surface area contributed by atoms with Crippen LogP contribution in [-0.2, 0) is 0 Å². The zero-order valence-electron chi connectivity index (χ0n) is 6.03. The zero-order chi connectivity index (χ0) is 6.53. The molecule has 1 nitrogen and oxygen atoms in total. The minimum atomic E-state index is 0.788. The van der Waals surface area contributed by atoms with Crippen molar-refractivity contribution in [1.29, 1.82) is 0 Å². The molecule has 0 aromatic rings. The molecule has 1 saturated carbocycles. The molecule has 0 aliphatic heterocycles. The maximum Gasteiger partial charge on any atom is 0.00394 e. The van der Waals surface area contributed by atoms with E-state index in [1.807, 2.05) is 0 Å². The van der Waals surface area contributed by atoms with Gasteiger partial charge in [0, 0.05) is 6.04 Å². The molecule has 1 N–H and O–H groups in total. The van der Waals surface area contributed by atoms with Gasteiger partial charge in [-0.15, -0.1) is 6.54 Å². The lowest BCUT2D eigenvalue weighted by Gasteiger charge is -2.23. The molecule has 0 saturated heterocycles. The van der Waals surface area contributed by atoms with Crippen LogP contribution < -0.4 is 5.32 Å². The van der Waals surface area contributed by atoms with Crippen LogP contribution in [0.3, 0.4) is 0 Å². The Hall–Kier alpha value is -0.0400. The molecule has 0 radical (unpaired) electrons. The summed E-state index contributed by atoms with van der Waals surface area (Å²) in [5, 5.41) is 3.37. The highest BCUT2D eigenvalue weighted by atomic mass is 14.9. The summed E-state index contributed by atoms with van der Waals surface area (Å²) < 4.78 is 0. The van der Waals surface area contributed by atoms with Gasteiger partial charge in [0.15, 0.2) is 0 Å². The van der Waals surface area contributed by atoms with Gasteiger partial charge in [0.05, 0.1) is 0 Å². The molecular weight excluding hydrogens is 110 g/mol. The summed E-state index contributed by atoms with van der Waals surface area (Å²) in [4.78, 5) is 0. The van der Waals surface area contributed by atoms with E-state index < -0.39 is 0 Å². The van der Waals surface area contributed by atoms with Crippen LogP contribution in [0.25, 0.3) is 0 Å². The molecular formula is C8H16N-. The van der Waals surface area contributed by atoms with E-state index in [4.69, 9.17) is 0 Å². The van der Waals surface area contributed by atoms with E-state index in [-0.39, 0.29) is 0 Å². The third-order valence-electron chi connectivity index (χ3n) is 2.04. The van der Waals surface area contributed by atoms with Gasteiger partial charge in [-0.05, 0) is 12.8 Å². The van der Waals surface area contributed by atoms with Crippen LogP contribution in [0.15, 0.2) is 0 Å². The minimum absolute atomic E-state index is 0.788. The average molecular weight is 126 g/mol. The van der Waals surface area contributed by atoms with E-state index in [0.717, 1.165) is 12.6 Å². The van der Waals surface area contributed by atoms with E-state index in [2.05, 4.69) is 12.2 Å². The van der Waals surface area contributed by atoms with Gasteiger partial charge in [0.25, 0.3) is 0 Å². The largest absolute Gasteiger partial charge is 0.344 e. The Bertz CT molecular complexity index is 62.2. The second kappa shape index (κ2) is 3.89. The fourth-order valence-corrected chi connectivity index (χ4v) is 1.51. The zero-order valence-corrected chi connectivity index (χ0v) is 6.03. The van der Waals surface area contributed by atoms with E-state index >= 15 is 0 Å². The molecule has 1 aliphatic rings. The van der Waals surface area contributed by atoms with Gasteiger partial charge < -0.3 is 12.2 Å². The second-order valence-corrected chi connectivity index (χ2v) is 2.79. The fourth-order valence-electron chi connectivity index (χ4n) is 1.51. The van der Waals surface area contributed by atoms with Crippen molar-refractivity contribution in [3.8, 4) is 0 Å². The van der Waals surface area contributed by atoms with Crippen LogP contribution in [0, 0.1) is 6.92 Å². The molecule has 0 aromatic heterocycles. The monoisotopic (exact) mass is 126 g/mol. The molecule has 1 heteroatoms. The number of rotatable bonds is 2. The standard InChI is InChI=1S/C8H16N/c1-2-9-8-6-4-3-5-7-8/h8-9H,1-7H2/q-1. The number of nitrogens with one attached hydrogen (secondary N) is 1. The summed E-state index contributed by atoms with van der Waals surface area (Å²) in [6.45, 7) is 4.66. The molecule has 0 unspecified atom stereocenters. The first-order chi connectivity index (χ1) is 4.43. The topological polar surface area (TPSA) is 12.0 Å². The van der Waals surface area contributed by atoms with Crippen molar-refractivity contribution in [3.05, 3.63) is 6.92 Å². The first kappa shape index (κ1) is 7.07. The Morgan fingerprint density at radius 1 is 1.22 bits per heavy atom. The van der Waals surface area contributed by atoms with Crippen molar-refractivity contribution in [3.63, 3.8) is 0 Å². The van der Waals surface area contributed by atoms with Crippen LogP contribution in [0.1, 0.15) is 32.1 Å². The first-order valence-corrected chi connectivity index (χ1v) is 3.96. The summed E-state index contributed by atoms with van der Waals surface area (Å²) >= 11 is 0. The van der Waals surface area contributed by atoms with Gasteiger partial charge in [0.2, 0.25) is 0 Å². The summed E-state index contributed by atoms with van der Waals surface area (Å²) in [7, 11) is 0. The Morgan fingerprint density at radius 2 is 1.89 bits per heavy atom. The van der Waals surface area contributed by atoms with Gasteiger partial charge >= 0.3 is 0 Å². The highest BCUT2D eigenvalue weighted by Gasteiger charge is 2.09. The lowest BCUT2D eigenvalue weighted by atomic mass is 9.96. The van der Waals surface area contributed by atoms with Crippen LogP contribution >= 0.6 is 0 Å². The predicted octanol–water partition coefficient (Wildman–Crippen LogP) is 1.74. The molecule has 1 fully saturated rings. The third-order valence-corrected chi connectivity index (χ3v) is 2.04. The third kappa shape index (κ3) is 2.35. The fraction of sp³-hybridized carbons (Fsp3) is 0.875. The number of hydrogen-bond donors (Lipinski definition) is 1. The quantitative estimate of drug-likeness (QED) is 0.556. The smallest absolute Gasteiger partial charge is 0.00394 e. The average Bonchev–Trinajstić information content (AvgIpc) is 1.91. The van der Waals surface area contributed by atoms with Crippen molar-refractivity contribution < 1.29 is 0 Å². The maximum absolute atomic E-state index is 3.77. The lowest BCUT2D eigenvalue weighted by Crippen LogP contribution is -2.30. The Labute approximate surface area is 57.8 Å². The Kier molecular flexibility index (Phi) is 3.05. The highest BCUT2D eigenvalue weighted by Crippen LogP contribution is 2.16. The van der Waals surface area contributed by atoms with Crippen LogP contribution in [0.2, 0.25) is 0 Å². The summed E-state index contributed by atoms with van der Waals surface area (Å²) in [5.74, 6) is 0. The summed E-state index contributed by atoms with van der Waals surface area (Å²) in [5.41, 5.74) is 0. The summed E-state index contributed by atoms with van der Waals surface area (Å²) in [6, 6.07) is 0.788. The number of hydrogen-bond acceptors (Lipinski definition) is 1.